The maximum atomic E-state index is 12.5. The number of rotatable bonds is 5. The van der Waals surface area contributed by atoms with Gasteiger partial charge in [0.05, 0.1) is 13.2 Å². The number of ether oxygens (including phenoxy) is 1. The van der Waals surface area contributed by atoms with E-state index >= 15 is 0 Å². The molecule has 1 aromatic rings. The summed E-state index contributed by atoms with van der Waals surface area (Å²) in [5.41, 5.74) is 1.09. The molecule has 0 N–H and O–H groups in total. The van der Waals surface area contributed by atoms with Crippen LogP contribution in [-0.4, -0.2) is 12.8 Å². The van der Waals surface area contributed by atoms with Crippen LogP contribution in [0.15, 0.2) is 30.3 Å². The number of hydrogen-bond acceptors (Lipinski definition) is 1. The molecule has 1 aromatic carbocycles. The Morgan fingerprint density at radius 2 is 2.07 bits per heavy atom. The maximum Gasteiger partial charge on any atom is 0.162 e. The highest BCUT2D eigenvalue weighted by Crippen LogP contribution is 2.02. The SMILES string of the molecule is C#CC(F)CCOCc1ccccc1. The van der Waals surface area contributed by atoms with E-state index in [2.05, 4.69) is 0 Å². The molecule has 2 heteroatoms. The minimum atomic E-state index is -1.19. The lowest BCUT2D eigenvalue weighted by Crippen LogP contribution is -2.03. The highest BCUT2D eigenvalue weighted by atomic mass is 19.1. The standard InChI is InChI=1S/C12H13FO/c1-2-12(13)8-9-14-10-11-6-4-3-5-7-11/h1,3-7,12H,8-10H2. The molecule has 0 aliphatic heterocycles. The van der Waals surface area contributed by atoms with E-state index < -0.39 is 6.17 Å². The van der Waals surface area contributed by atoms with Gasteiger partial charge in [0.2, 0.25) is 0 Å². The number of halogens is 1. The second-order valence-electron chi connectivity index (χ2n) is 2.96. The Kier molecular flexibility index (Phi) is 4.74. The third kappa shape index (κ3) is 4.06. The highest BCUT2D eigenvalue weighted by molar-refractivity contribution is 5.13. The van der Waals surface area contributed by atoms with Crippen molar-refractivity contribution in [1.29, 1.82) is 0 Å². The number of hydrogen-bond donors (Lipinski definition) is 0. The molecule has 0 amide bonds. The monoisotopic (exact) mass is 192 g/mol. The fraction of sp³-hybridized carbons (Fsp3) is 0.333. The number of terminal acetylenes is 1. The Morgan fingerprint density at radius 3 is 2.71 bits per heavy atom. The molecule has 0 heterocycles. The molecule has 0 bridgehead atoms. The van der Waals surface area contributed by atoms with Gasteiger partial charge in [-0.05, 0) is 5.56 Å². The van der Waals surface area contributed by atoms with Gasteiger partial charge in [-0.1, -0.05) is 36.3 Å². The first-order valence-electron chi connectivity index (χ1n) is 4.55. The van der Waals surface area contributed by atoms with Gasteiger partial charge >= 0.3 is 0 Å². The minimum Gasteiger partial charge on any atom is -0.377 e. The molecule has 0 saturated carbocycles. The zero-order chi connectivity index (χ0) is 10.2. The predicted molar refractivity (Wildman–Crippen MR) is 54.4 cm³/mol. The van der Waals surface area contributed by atoms with E-state index in [-0.39, 0.29) is 6.42 Å². The lowest BCUT2D eigenvalue weighted by Gasteiger charge is -2.04. The molecule has 14 heavy (non-hydrogen) atoms. The van der Waals surface area contributed by atoms with E-state index in [4.69, 9.17) is 11.2 Å². The number of alkyl halides is 1. The summed E-state index contributed by atoms with van der Waals surface area (Å²) in [4.78, 5) is 0. The zero-order valence-electron chi connectivity index (χ0n) is 7.95. The molecule has 1 nitrogen and oxygen atoms in total. The molecule has 1 rings (SSSR count). The molecular formula is C12H13FO. The van der Waals surface area contributed by atoms with Gasteiger partial charge in [0.15, 0.2) is 6.17 Å². The van der Waals surface area contributed by atoms with Gasteiger partial charge in [-0.3, -0.25) is 0 Å². The van der Waals surface area contributed by atoms with E-state index in [1.165, 1.54) is 0 Å². The van der Waals surface area contributed by atoms with Crippen LogP contribution in [0.5, 0.6) is 0 Å². The van der Waals surface area contributed by atoms with E-state index in [1.54, 1.807) is 0 Å². The van der Waals surface area contributed by atoms with Crippen molar-refractivity contribution in [2.75, 3.05) is 6.61 Å². The Hall–Kier alpha value is -1.33. The topological polar surface area (TPSA) is 9.23 Å². The van der Waals surface area contributed by atoms with Crippen molar-refractivity contribution in [3.8, 4) is 12.3 Å². The smallest absolute Gasteiger partial charge is 0.162 e. The van der Waals surface area contributed by atoms with Gasteiger partial charge in [-0.2, -0.15) is 0 Å². The van der Waals surface area contributed by atoms with Crippen molar-refractivity contribution in [2.45, 2.75) is 19.2 Å². The third-order valence-electron chi connectivity index (χ3n) is 1.81. The summed E-state index contributed by atoms with van der Waals surface area (Å²) in [6, 6.07) is 9.76. The maximum absolute atomic E-state index is 12.5. The number of benzene rings is 1. The first-order chi connectivity index (χ1) is 6.83. The largest absolute Gasteiger partial charge is 0.377 e. The minimum absolute atomic E-state index is 0.267. The predicted octanol–water partition coefficient (Wildman–Crippen LogP) is 2.56. The average molecular weight is 192 g/mol. The van der Waals surface area contributed by atoms with Crippen molar-refractivity contribution in [2.24, 2.45) is 0 Å². The summed E-state index contributed by atoms with van der Waals surface area (Å²) in [5.74, 6) is 2.02. The van der Waals surface area contributed by atoms with Gasteiger partial charge in [-0.25, -0.2) is 4.39 Å². The molecule has 0 aromatic heterocycles. The van der Waals surface area contributed by atoms with Crippen LogP contribution < -0.4 is 0 Å². The first-order valence-corrected chi connectivity index (χ1v) is 4.55. The summed E-state index contributed by atoms with van der Waals surface area (Å²) in [5, 5.41) is 0. The summed E-state index contributed by atoms with van der Waals surface area (Å²) >= 11 is 0. The highest BCUT2D eigenvalue weighted by Gasteiger charge is 2.00. The molecule has 0 fully saturated rings. The van der Waals surface area contributed by atoms with E-state index in [0.29, 0.717) is 13.2 Å². The molecule has 1 unspecified atom stereocenters. The Bertz CT molecular complexity index is 289. The van der Waals surface area contributed by atoms with E-state index in [1.807, 2.05) is 36.3 Å². The Balaban J connectivity index is 2.14. The van der Waals surface area contributed by atoms with Crippen LogP contribution in [0.4, 0.5) is 4.39 Å². The molecule has 0 saturated heterocycles. The quantitative estimate of drug-likeness (QED) is 0.514. The third-order valence-corrected chi connectivity index (χ3v) is 1.81. The lowest BCUT2D eigenvalue weighted by molar-refractivity contribution is 0.107. The lowest BCUT2D eigenvalue weighted by atomic mass is 10.2. The Morgan fingerprint density at radius 1 is 1.36 bits per heavy atom. The van der Waals surface area contributed by atoms with Crippen LogP contribution in [0, 0.1) is 12.3 Å². The van der Waals surface area contributed by atoms with Crippen molar-refractivity contribution in [3.63, 3.8) is 0 Å². The van der Waals surface area contributed by atoms with E-state index in [0.717, 1.165) is 5.56 Å². The average Bonchev–Trinajstić information content (AvgIpc) is 2.25. The molecule has 0 radical (unpaired) electrons. The van der Waals surface area contributed by atoms with Crippen LogP contribution in [0.25, 0.3) is 0 Å². The summed E-state index contributed by atoms with van der Waals surface area (Å²) < 4.78 is 17.8. The van der Waals surface area contributed by atoms with Crippen LogP contribution in [-0.2, 0) is 11.3 Å². The van der Waals surface area contributed by atoms with Crippen LogP contribution in [0.2, 0.25) is 0 Å². The molecule has 1 atom stereocenters. The van der Waals surface area contributed by atoms with Crippen molar-refractivity contribution in [3.05, 3.63) is 35.9 Å². The molecule has 0 aliphatic carbocycles. The van der Waals surface area contributed by atoms with Crippen molar-refractivity contribution >= 4 is 0 Å². The fourth-order valence-corrected chi connectivity index (χ4v) is 1.03. The summed E-state index contributed by atoms with van der Waals surface area (Å²) in [6.45, 7) is 0.873. The molecule has 0 aliphatic rings. The molecular weight excluding hydrogens is 179 g/mol. The van der Waals surface area contributed by atoms with Crippen LogP contribution >= 0.6 is 0 Å². The summed E-state index contributed by atoms with van der Waals surface area (Å²) in [6.07, 6.45) is 3.96. The van der Waals surface area contributed by atoms with Crippen LogP contribution in [0.3, 0.4) is 0 Å². The van der Waals surface area contributed by atoms with Crippen molar-refractivity contribution < 1.29 is 9.13 Å². The van der Waals surface area contributed by atoms with Gasteiger partial charge in [-0.15, -0.1) is 6.42 Å². The fourth-order valence-electron chi connectivity index (χ4n) is 1.03. The van der Waals surface area contributed by atoms with Crippen LogP contribution in [0.1, 0.15) is 12.0 Å². The molecule has 74 valence electrons. The van der Waals surface area contributed by atoms with E-state index in [9.17, 15) is 4.39 Å². The van der Waals surface area contributed by atoms with Gasteiger partial charge < -0.3 is 4.74 Å². The second-order valence-corrected chi connectivity index (χ2v) is 2.96. The normalized spacial score (nSPS) is 12.0. The van der Waals surface area contributed by atoms with Gasteiger partial charge in [0.1, 0.15) is 0 Å². The first kappa shape index (κ1) is 10.7. The van der Waals surface area contributed by atoms with Gasteiger partial charge in [0.25, 0.3) is 0 Å². The molecule has 0 spiro atoms. The van der Waals surface area contributed by atoms with Crippen molar-refractivity contribution in [1.82, 2.24) is 0 Å². The zero-order valence-corrected chi connectivity index (χ0v) is 7.95. The van der Waals surface area contributed by atoms with Gasteiger partial charge in [0, 0.05) is 6.42 Å². The summed E-state index contributed by atoms with van der Waals surface area (Å²) in [7, 11) is 0. The second kappa shape index (κ2) is 6.17. The Labute approximate surface area is 83.9 Å².